The van der Waals surface area contributed by atoms with Crippen LogP contribution in [0.5, 0.6) is 0 Å². The minimum Gasteiger partial charge on any atom is -0.469 e. The zero-order valence-electron chi connectivity index (χ0n) is 16.5. The van der Waals surface area contributed by atoms with Crippen LogP contribution in [0.25, 0.3) is 0 Å². The van der Waals surface area contributed by atoms with Crippen molar-refractivity contribution in [2.24, 2.45) is 0 Å². The topological polar surface area (TPSA) is 55.4 Å². The molecule has 0 aromatic heterocycles. The first-order chi connectivity index (χ1) is 12.2. The number of esters is 1. The Kier molecular flexibility index (Phi) is 18.0. The molecule has 0 bridgehead atoms. The molecular weight excluding hydrogens is 314 g/mol. The Morgan fingerprint density at radius 2 is 1.36 bits per heavy atom. The van der Waals surface area contributed by atoms with Gasteiger partial charge in [-0.25, -0.2) is 0 Å². The minimum atomic E-state index is -0.0870. The van der Waals surface area contributed by atoms with E-state index < -0.39 is 0 Å². The largest absolute Gasteiger partial charge is 0.469 e. The number of hydrogen-bond acceptors (Lipinski definition) is 3. The van der Waals surface area contributed by atoms with Gasteiger partial charge in [0.1, 0.15) is 0 Å². The monoisotopic (exact) mass is 353 g/mol. The molecule has 0 rings (SSSR count). The summed E-state index contributed by atoms with van der Waals surface area (Å²) in [5, 5.41) is 2.89. The predicted molar refractivity (Wildman–Crippen MR) is 104 cm³/mol. The van der Waals surface area contributed by atoms with Crippen molar-refractivity contribution in [3.05, 3.63) is 12.2 Å². The summed E-state index contributed by atoms with van der Waals surface area (Å²) in [5.41, 5.74) is 0. The van der Waals surface area contributed by atoms with E-state index in [2.05, 4.69) is 22.2 Å². The van der Waals surface area contributed by atoms with Crippen LogP contribution in [-0.2, 0) is 14.3 Å². The van der Waals surface area contributed by atoms with Gasteiger partial charge in [-0.1, -0.05) is 70.4 Å². The van der Waals surface area contributed by atoms with Gasteiger partial charge < -0.3 is 10.1 Å². The highest BCUT2D eigenvalue weighted by molar-refractivity contribution is 5.75. The van der Waals surface area contributed by atoms with E-state index in [0.717, 1.165) is 25.7 Å². The Morgan fingerprint density at radius 3 is 1.92 bits per heavy atom. The maximum Gasteiger partial charge on any atom is 0.305 e. The maximum absolute atomic E-state index is 11.3. The molecule has 0 unspecified atom stereocenters. The van der Waals surface area contributed by atoms with Gasteiger partial charge in [-0.2, -0.15) is 0 Å². The van der Waals surface area contributed by atoms with Crippen molar-refractivity contribution < 1.29 is 14.3 Å². The van der Waals surface area contributed by atoms with Crippen molar-refractivity contribution in [1.29, 1.82) is 0 Å². The first-order valence-corrected chi connectivity index (χ1v) is 10.2. The summed E-state index contributed by atoms with van der Waals surface area (Å²) in [6.45, 7) is 2.68. The lowest BCUT2D eigenvalue weighted by Gasteiger charge is -2.02. The predicted octanol–water partition coefficient (Wildman–Crippen LogP) is 5.31. The molecule has 4 heteroatoms. The Bertz CT molecular complexity index is 353. The van der Waals surface area contributed by atoms with Gasteiger partial charge in [-0.15, -0.1) is 0 Å². The van der Waals surface area contributed by atoms with Crippen molar-refractivity contribution in [2.45, 2.75) is 96.8 Å². The van der Waals surface area contributed by atoms with Crippen LogP contribution in [0.4, 0.5) is 0 Å². The molecule has 0 radical (unpaired) electrons. The number of nitrogens with one attached hydrogen (secondary N) is 1. The first-order valence-electron chi connectivity index (χ1n) is 10.2. The fraction of sp³-hybridized carbons (Fsp3) is 0.810. The first kappa shape index (κ1) is 23.7. The van der Waals surface area contributed by atoms with E-state index in [-0.39, 0.29) is 11.9 Å². The van der Waals surface area contributed by atoms with Crippen LogP contribution in [0.1, 0.15) is 96.8 Å². The third-order valence-electron chi connectivity index (χ3n) is 4.29. The van der Waals surface area contributed by atoms with Crippen LogP contribution < -0.4 is 5.32 Å². The Morgan fingerprint density at radius 1 is 0.800 bits per heavy atom. The molecular formula is C21H39NO3. The fourth-order valence-corrected chi connectivity index (χ4v) is 2.74. The third kappa shape index (κ3) is 18.9. The zero-order valence-corrected chi connectivity index (χ0v) is 16.5. The lowest BCUT2D eigenvalue weighted by molar-refractivity contribution is -0.140. The number of ether oxygens (including phenoxy) is 1. The molecule has 0 aromatic rings. The normalized spacial score (nSPS) is 11.0. The fourth-order valence-electron chi connectivity index (χ4n) is 2.74. The second-order valence-corrected chi connectivity index (χ2v) is 6.68. The van der Waals surface area contributed by atoms with E-state index in [4.69, 9.17) is 0 Å². The average Bonchev–Trinajstić information content (AvgIpc) is 2.61. The van der Waals surface area contributed by atoms with Crippen LogP contribution in [-0.4, -0.2) is 25.5 Å². The lowest BCUT2D eigenvalue weighted by Crippen LogP contribution is -2.22. The summed E-state index contributed by atoms with van der Waals surface area (Å²) in [5.74, 6) is 0.0618. The highest BCUT2D eigenvalue weighted by Gasteiger charge is 1.99. The van der Waals surface area contributed by atoms with Crippen LogP contribution in [0.3, 0.4) is 0 Å². The second-order valence-electron chi connectivity index (χ2n) is 6.68. The maximum atomic E-state index is 11.3. The SMILES string of the molecule is CCCC(=O)NC/C=C\CCCCCCCCCCCCC(=O)OC. The molecule has 0 atom stereocenters. The van der Waals surface area contributed by atoms with Crippen molar-refractivity contribution in [1.82, 2.24) is 5.32 Å². The summed E-state index contributed by atoms with van der Waals surface area (Å²) < 4.78 is 4.63. The summed E-state index contributed by atoms with van der Waals surface area (Å²) in [7, 11) is 1.45. The average molecular weight is 354 g/mol. The van der Waals surface area contributed by atoms with Crippen LogP contribution in [0.15, 0.2) is 12.2 Å². The van der Waals surface area contributed by atoms with E-state index in [0.29, 0.717) is 19.4 Å². The van der Waals surface area contributed by atoms with E-state index >= 15 is 0 Å². The molecule has 0 fully saturated rings. The second kappa shape index (κ2) is 19.0. The van der Waals surface area contributed by atoms with Crippen molar-refractivity contribution in [3.63, 3.8) is 0 Å². The van der Waals surface area contributed by atoms with Gasteiger partial charge in [0.05, 0.1) is 7.11 Å². The molecule has 25 heavy (non-hydrogen) atoms. The van der Waals surface area contributed by atoms with Gasteiger partial charge in [-0.3, -0.25) is 9.59 Å². The number of methoxy groups -OCH3 is 1. The van der Waals surface area contributed by atoms with Gasteiger partial charge in [0, 0.05) is 19.4 Å². The molecule has 4 nitrogen and oxygen atoms in total. The minimum absolute atomic E-state index is 0.0870. The Hall–Kier alpha value is -1.32. The molecule has 146 valence electrons. The summed E-state index contributed by atoms with van der Waals surface area (Å²) in [6, 6.07) is 0. The molecule has 0 aromatic carbocycles. The molecule has 0 aliphatic carbocycles. The highest BCUT2D eigenvalue weighted by Crippen LogP contribution is 2.12. The number of unbranched alkanes of at least 4 members (excludes halogenated alkanes) is 10. The van der Waals surface area contributed by atoms with Gasteiger partial charge in [0.2, 0.25) is 5.91 Å². The number of hydrogen-bond donors (Lipinski definition) is 1. The van der Waals surface area contributed by atoms with Gasteiger partial charge in [0.15, 0.2) is 0 Å². The van der Waals surface area contributed by atoms with Gasteiger partial charge in [-0.05, 0) is 25.7 Å². The van der Waals surface area contributed by atoms with Crippen molar-refractivity contribution >= 4 is 11.9 Å². The quantitative estimate of drug-likeness (QED) is 0.219. The van der Waals surface area contributed by atoms with Crippen LogP contribution in [0.2, 0.25) is 0 Å². The molecule has 1 amide bonds. The highest BCUT2D eigenvalue weighted by atomic mass is 16.5. The molecule has 0 aliphatic rings. The van der Waals surface area contributed by atoms with Crippen molar-refractivity contribution in [2.75, 3.05) is 13.7 Å². The van der Waals surface area contributed by atoms with E-state index in [1.165, 1.54) is 58.5 Å². The van der Waals surface area contributed by atoms with E-state index in [1.807, 2.05) is 6.92 Å². The number of rotatable bonds is 17. The Balaban J connectivity index is 3.16. The lowest BCUT2D eigenvalue weighted by atomic mass is 10.1. The summed E-state index contributed by atoms with van der Waals surface area (Å²) in [4.78, 5) is 22.2. The van der Waals surface area contributed by atoms with Crippen LogP contribution >= 0.6 is 0 Å². The third-order valence-corrected chi connectivity index (χ3v) is 4.29. The number of carbonyl (C=O) groups is 2. The number of carbonyl (C=O) groups excluding carboxylic acids is 2. The number of amides is 1. The van der Waals surface area contributed by atoms with E-state index in [9.17, 15) is 9.59 Å². The van der Waals surface area contributed by atoms with Crippen LogP contribution in [0, 0.1) is 0 Å². The zero-order chi connectivity index (χ0) is 18.6. The molecule has 0 saturated heterocycles. The standard InChI is InChI=1S/C21H39NO3/c1-3-17-20(23)22-19-16-14-12-10-8-6-4-5-7-9-11-13-15-18-21(24)25-2/h14,16H,3-13,15,17-19H2,1-2H3,(H,22,23)/b16-14-. The summed E-state index contributed by atoms with van der Waals surface area (Å²) in [6.07, 6.45) is 19.9. The molecule has 0 saturated carbocycles. The number of allylic oxidation sites excluding steroid dienone is 1. The van der Waals surface area contributed by atoms with E-state index in [1.54, 1.807) is 0 Å². The molecule has 0 spiro atoms. The smallest absolute Gasteiger partial charge is 0.305 e. The van der Waals surface area contributed by atoms with Gasteiger partial charge in [0.25, 0.3) is 0 Å². The van der Waals surface area contributed by atoms with Crippen molar-refractivity contribution in [3.8, 4) is 0 Å². The Labute approximate surface area is 154 Å². The van der Waals surface area contributed by atoms with Gasteiger partial charge >= 0.3 is 5.97 Å². The molecule has 0 aliphatic heterocycles. The summed E-state index contributed by atoms with van der Waals surface area (Å²) >= 11 is 0. The molecule has 0 heterocycles. The molecule has 1 N–H and O–H groups in total.